The van der Waals surface area contributed by atoms with Gasteiger partial charge in [-0.3, -0.25) is 9.69 Å². The maximum Gasteiger partial charge on any atom is 0.181 e. The van der Waals surface area contributed by atoms with Crippen molar-refractivity contribution in [2.75, 3.05) is 19.7 Å². The summed E-state index contributed by atoms with van der Waals surface area (Å²) in [6, 6.07) is 4.70. The number of nitrogens with zero attached hydrogens (tertiary/aromatic N) is 1. The molecule has 2 rings (SSSR count). The fourth-order valence-electron chi connectivity index (χ4n) is 2.44. The average Bonchev–Trinajstić information content (AvgIpc) is 2.86. The summed E-state index contributed by atoms with van der Waals surface area (Å²) in [7, 11) is 0. The second kappa shape index (κ2) is 6.23. The molecule has 1 aromatic carbocycles. The minimum Gasteiger partial charge on any atom is -0.396 e. The first-order valence-corrected chi connectivity index (χ1v) is 7.12. The minimum atomic E-state index is -0.227. The Bertz CT molecular complexity index is 479. The van der Waals surface area contributed by atoms with E-state index in [4.69, 9.17) is 28.3 Å². The number of hydrogen-bond acceptors (Lipinski definition) is 3. The number of aliphatic hydroxyl groups is 1. The van der Waals surface area contributed by atoms with Crippen LogP contribution in [-0.4, -0.2) is 41.5 Å². The molecule has 2 atom stereocenters. The van der Waals surface area contributed by atoms with Crippen molar-refractivity contribution >= 4 is 29.0 Å². The zero-order chi connectivity index (χ0) is 14.0. The zero-order valence-electron chi connectivity index (χ0n) is 10.8. The molecule has 19 heavy (non-hydrogen) atoms. The molecule has 0 aliphatic carbocycles. The van der Waals surface area contributed by atoms with Gasteiger partial charge in [0, 0.05) is 23.7 Å². The Morgan fingerprint density at radius 3 is 2.84 bits per heavy atom. The zero-order valence-corrected chi connectivity index (χ0v) is 12.3. The van der Waals surface area contributed by atoms with Crippen LogP contribution < -0.4 is 0 Å². The van der Waals surface area contributed by atoms with Crippen LogP contribution in [0.3, 0.4) is 0 Å². The van der Waals surface area contributed by atoms with Gasteiger partial charge in [0.1, 0.15) is 0 Å². The monoisotopic (exact) mass is 301 g/mol. The Morgan fingerprint density at radius 1 is 1.53 bits per heavy atom. The molecule has 1 aliphatic rings. The van der Waals surface area contributed by atoms with E-state index < -0.39 is 0 Å². The molecule has 0 bridgehead atoms. The molecule has 1 fully saturated rings. The van der Waals surface area contributed by atoms with Crippen molar-refractivity contribution in [1.82, 2.24) is 4.90 Å². The summed E-state index contributed by atoms with van der Waals surface area (Å²) in [5, 5.41) is 10.1. The molecule has 2 unspecified atom stereocenters. The molecule has 1 saturated heterocycles. The third kappa shape index (κ3) is 3.29. The van der Waals surface area contributed by atoms with Gasteiger partial charge in [-0.1, -0.05) is 23.2 Å². The molecule has 3 nitrogen and oxygen atoms in total. The van der Waals surface area contributed by atoms with E-state index in [9.17, 15) is 4.79 Å². The molecule has 5 heteroatoms. The third-order valence-corrected chi connectivity index (χ3v) is 4.25. The Balaban J connectivity index is 2.11. The number of rotatable bonds is 4. The molecule has 1 N–H and O–H groups in total. The molecule has 0 saturated carbocycles. The van der Waals surface area contributed by atoms with Gasteiger partial charge in [0.05, 0.1) is 11.1 Å². The van der Waals surface area contributed by atoms with Crippen LogP contribution in [0.25, 0.3) is 0 Å². The van der Waals surface area contributed by atoms with Crippen molar-refractivity contribution in [3.05, 3.63) is 33.8 Å². The lowest BCUT2D eigenvalue weighted by Crippen LogP contribution is -2.37. The second-order valence-electron chi connectivity index (χ2n) is 5.00. The number of halogens is 2. The Hall–Kier alpha value is -0.610. The number of benzene rings is 1. The van der Waals surface area contributed by atoms with E-state index in [1.165, 1.54) is 0 Å². The molecule has 0 spiro atoms. The molecule has 0 aromatic heterocycles. The molecule has 1 aliphatic heterocycles. The minimum absolute atomic E-state index is 0.000237. The van der Waals surface area contributed by atoms with Gasteiger partial charge >= 0.3 is 0 Å². The molecule has 0 amide bonds. The number of carbonyl (C=O) groups excluding carboxylic acids is 1. The molecule has 1 heterocycles. The van der Waals surface area contributed by atoms with Crippen LogP contribution in [0.15, 0.2) is 18.2 Å². The van der Waals surface area contributed by atoms with Crippen molar-refractivity contribution in [3.8, 4) is 0 Å². The number of Topliss-reactive ketones (excluding diaryl/α,β-unsaturated/α-hetero) is 1. The van der Waals surface area contributed by atoms with E-state index in [0.29, 0.717) is 15.6 Å². The smallest absolute Gasteiger partial charge is 0.181 e. The van der Waals surface area contributed by atoms with Crippen LogP contribution in [0.4, 0.5) is 0 Å². The maximum absolute atomic E-state index is 12.4. The number of aliphatic hydroxyl groups excluding tert-OH is 1. The number of hydrogen-bond donors (Lipinski definition) is 1. The lowest BCUT2D eigenvalue weighted by molar-refractivity contribution is 0.0858. The molecule has 104 valence electrons. The van der Waals surface area contributed by atoms with Gasteiger partial charge in [-0.25, -0.2) is 0 Å². The van der Waals surface area contributed by atoms with E-state index in [1.54, 1.807) is 18.2 Å². The summed E-state index contributed by atoms with van der Waals surface area (Å²) >= 11 is 11.9. The number of carbonyl (C=O) groups is 1. The van der Waals surface area contributed by atoms with Gasteiger partial charge in [-0.2, -0.15) is 0 Å². The standard InChI is InChI=1S/C14H17Cl2NO2/c1-9(17-5-4-10(7-17)8-18)14(19)12-3-2-11(15)6-13(12)16/h2-3,6,9-10,18H,4-5,7-8H2,1H3. The van der Waals surface area contributed by atoms with Crippen LogP contribution in [0.1, 0.15) is 23.7 Å². The van der Waals surface area contributed by atoms with Crippen LogP contribution >= 0.6 is 23.2 Å². The Labute approximate surface area is 123 Å². The van der Waals surface area contributed by atoms with Gasteiger partial charge in [-0.15, -0.1) is 0 Å². The van der Waals surface area contributed by atoms with Gasteiger partial charge < -0.3 is 5.11 Å². The highest BCUT2D eigenvalue weighted by Gasteiger charge is 2.30. The van der Waals surface area contributed by atoms with Crippen LogP contribution in [0.2, 0.25) is 10.0 Å². The number of ketones is 1. The Kier molecular flexibility index (Phi) is 4.85. The third-order valence-electron chi connectivity index (χ3n) is 3.70. The van der Waals surface area contributed by atoms with Crippen LogP contribution in [0.5, 0.6) is 0 Å². The van der Waals surface area contributed by atoms with Gasteiger partial charge in [-0.05, 0) is 44.0 Å². The maximum atomic E-state index is 12.4. The lowest BCUT2D eigenvalue weighted by atomic mass is 10.0. The van der Waals surface area contributed by atoms with Gasteiger partial charge in [0.25, 0.3) is 0 Å². The fourth-order valence-corrected chi connectivity index (χ4v) is 2.95. The highest BCUT2D eigenvalue weighted by atomic mass is 35.5. The largest absolute Gasteiger partial charge is 0.396 e. The molecule has 0 radical (unpaired) electrons. The topological polar surface area (TPSA) is 40.5 Å². The predicted octanol–water partition coefficient (Wildman–Crippen LogP) is 2.88. The molecular formula is C14H17Cl2NO2. The second-order valence-corrected chi connectivity index (χ2v) is 5.84. The lowest BCUT2D eigenvalue weighted by Gasteiger charge is -2.23. The van der Waals surface area contributed by atoms with Crippen molar-refractivity contribution < 1.29 is 9.90 Å². The predicted molar refractivity (Wildman–Crippen MR) is 77.0 cm³/mol. The molecule has 1 aromatic rings. The first-order valence-electron chi connectivity index (χ1n) is 6.37. The van der Waals surface area contributed by atoms with Crippen LogP contribution in [0, 0.1) is 5.92 Å². The normalized spacial score (nSPS) is 21.6. The fraction of sp³-hybridized carbons (Fsp3) is 0.500. The van der Waals surface area contributed by atoms with Crippen LogP contribution in [-0.2, 0) is 0 Å². The van der Waals surface area contributed by atoms with Crippen molar-refractivity contribution in [2.24, 2.45) is 5.92 Å². The summed E-state index contributed by atoms with van der Waals surface area (Å²) < 4.78 is 0. The highest BCUT2D eigenvalue weighted by Crippen LogP contribution is 2.25. The van der Waals surface area contributed by atoms with E-state index in [-0.39, 0.29) is 24.3 Å². The van der Waals surface area contributed by atoms with E-state index >= 15 is 0 Å². The first-order chi connectivity index (χ1) is 9.02. The summed E-state index contributed by atoms with van der Waals surface area (Å²) in [5.41, 5.74) is 0.506. The highest BCUT2D eigenvalue weighted by molar-refractivity contribution is 6.37. The van der Waals surface area contributed by atoms with Crippen molar-refractivity contribution in [3.63, 3.8) is 0 Å². The summed E-state index contributed by atoms with van der Waals surface area (Å²) in [6.07, 6.45) is 0.933. The average molecular weight is 302 g/mol. The quantitative estimate of drug-likeness (QED) is 0.870. The van der Waals surface area contributed by atoms with E-state index in [1.807, 2.05) is 6.92 Å². The van der Waals surface area contributed by atoms with Gasteiger partial charge in [0.15, 0.2) is 5.78 Å². The van der Waals surface area contributed by atoms with E-state index in [2.05, 4.69) is 4.90 Å². The first kappa shape index (κ1) is 14.8. The Morgan fingerprint density at radius 2 is 2.26 bits per heavy atom. The van der Waals surface area contributed by atoms with Gasteiger partial charge in [0.2, 0.25) is 0 Å². The number of likely N-dealkylation sites (tertiary alicyclic amines) is 1. The molecular weight excluding hydrogens is 285 g/mol. The van der Waals surface area contributed by atoms with Crippen molar-refractivity contribution in [2.45, 2.75) is 19.4 Å². The van der Waals surface area contributed by atoms with E-state index in [0.717, 1.165) is 19.5 Å². The SMILES string of the molecule is CC(C(=O)c1ccc(Cl)cc1Cl)N1CCC(CO)C1. The summed E-state index contributed by atoms with van der Waals surface area (Å²) in [5.74, 6) is 0.274. The van der Waals surface area contributed by atoms with Crippen molar-refractivity contribution in [1.29, 1.82) is 0 Å². The summed E-state index contributed by atoms with van der Waals surface area (Å²) in [6.45, 7) is 3.66. The summed E-state index contributed by atoms with van der Waals surface area (Å²) in [4.78, 5) is 14.5.